The predicted octanol–water partition coefficient (Wildman–Crippen LogP) is 3.31. The van der Waals surface area contributed by atoms with Crippen LogP contribution in [0, 0.1) is 11.6 Å². The van der Waals surface area contributed by atoms with Gasteiger partial charge in [-0.1, -0.05) is 31.7 Å². The van der Waals surface area contributed by atoms with Gasteiger partial charge in [-0.3, -0.25) is 9.59 Å². The zero-order valence-corrected chi connectivity index (χ0v) is 15.5. The van der Waals surface area contributed by atoms with E-state index >= 15 is 0 Å². The molecule has 0 radical (unpaired) electrons. The van der Waals surface area contributed by atoms with Gasteiger partial charge in [0.05, 0.1) is 6.10 Å². The molecule has 5 nitrogen and oxygen atoms in total. The topological polar surface area (TPSA) is 58.6 Å². The number of para-hydroxylation sites is 1. The summed E-state index contributed by atoms with van der Waals surface area (Å²) >= 11 is 0. The van der Waals surface area contributed by atoms with E-state index in [0.29, 0.717) is 6.42 Å². The molecule has 1 saturated carbocycles. The number of amides is 2. The first kappa shape index (κ1) is 19.7. The van der Waals surface area contributed by atoms with Crippen LogP contribution < -0.4 is 10.2 Å². The van der Waals surface area contributed by atoms with Crippen LogP contribution in [0.3, 0.4) is 0 Å². The van der Waals surface area contributed by atoms with E-state index in [-0.39, 0.29) is 24.2 Å². The van der Waals surface area contributed by atoms with Gasteiger partial charge in [0.2, 0.25) is 11.8 Å². The molecule has 2 atom stereocenters. The summed E-state index contributed by atoms with van der Waals surface area (Å²) in [5, 5.41) is 2.67. The van der Waals surface area contributed by atoms with Crippen molar-refractivity contribution in [2.24, 2.45) is 0 Å². The fraction of sp³-hybridized carbons (Fsp3) is 0.600. The largest absolute Gasteiger partial charge is 0.365 e. The number of nitrogens with zero attached hydrogens (tertiary/aromatic N) is 1. The second kappa shape index (κ2) is 8.78. The first-order chi connectivity index (χ1) is 13.0. The van der Waals surface area contributed by atoms with Gasteiger partial charge in [-0.15, -0.1) is 0 Å². The molecule has 148 valence electrons. The Labute approximate surface area is 158 Å². The maximum atomic E-state index is 13.9. The van der Waals surface area contributed by atoms with E-state index in [0.717, 1.165) is 42.7 Å². The quantitative estimate of drug-likeness (QED) is 0.798. The Morgan fingerprint density at radius 2 is 1.78 bits per heavy atom. The molecule has 0 bridgehead atoms. The van der Waals surface area contributed by atoms with E-state index in [1.165, 1.54) is 18.9 Å². The number of nitrogens with one attached hydrogen (secondary N) is 1. The van der Waals surface area contributed by atoms with Crippen molar-refractivity contribution in [2.45, 2.75) is 70.1 Å². The van der Waals surface area contributed by atoms with Gasteiger partial charge in [0.25, 0.3) is 0 Å². The predicted molar refractivity (Wildman–Crippen MR) is 97.3 cm³/mol. The Morgan fingerprint density at radius 3 is 2.41 bits per heavy atom. The van der Waals surface area contributed by atoms with Crippen LogP contribution >= 0.6 is 0 Å². The van der Waals surface area contributed by atoms with Crippen LogP contribution in [0.4, 0.5) is 14.5 Å². The number of benzene rings is 1. The monoisotopic (exact) mass is 380 g/mol. The normalized spacial score (nSPS) is 22.6. The number of ether oxygens (including phenoxy) is 1. The van der Waals surface area contributed by atoms with Crippen molar-refractivity contribution >= 4 is 17.5 Å². The molecule has 1 aromatic carbocycles. The minimum Gasteiger partial charge on any atom is -0.365 e. The summed E-state index contributed by atoms with van der Waals surface area (Å²) in [4.78, 5) is 26.0. The van der Waals surface area contributed by atoms with Crippen LogP contribution in [0.1, 0.15) is 51.9 Å². The third-order valence-corrected chi connectivity index (χ3v) is 5.30. The lowest BCUT2D eigenvalue weighted by atomic mass is 10.1. The van der Waals surface area contributed by atoms with Crippen molar-refractivity contribution in [3.8, 4) is 0 Å². The summed E-state index contributed by atoms with van der Waals surface area (Å²) in [6.07, 6.45) is 6.18. The Morgan fingerprint density at radius 1 is 1.15 bits per heavy atom. The Kier molecular flexibility index (Phi) is 6.42. The molecular weight excluding hydrogens is 354 g/mol. The van der Waals surface area contributed by atoms with E-state index in [2.05, 4.69) is 5.32 Å². The number of carbonyl (C=O) groups excluding carboxylic acids is 2. The highest BCUT2D eigenvalue weighted by atomic mass is 19.1. The van der Waals surface area contributed by atoms with Crippen molar-refractivity contribution in [3.63, 3.8) is 0 Å². The number of carbonyl (C=O) groups is 2. The molecule has 1 saturated heterocycles. The first-order valence-electron chi connectivity index (χ1n) is 9.68. The zero-order chi connectivity index (χ0) is 19.4. The average Bonchev–Trinajstić information content (AvgIpc) is 2.84. The molecular formula is C20H26F2N2O3. The third-order valence-electron chi connectivity index (χ3n) is 5.30. The Balaban J connectivity index is 1.58. The lowest BCUT2D eigenvalue weighted by molar-refractivity contribution is -0.138. The van der Waals surface area contributed by atoms with E-state index in [1.54, 1.807) is 6.92 Å². The molecule has 1 aromatic rings. The average molecular weight is 380 g/mol. The van der Waals surface area contributed by atoms with Gasteiger partial charge in [-0.25, -0.2) is 8.78 Å². The smallest absolute Gasteiger partial charge is 0.249 e. The molecule has 1 N–H and O–H groups in total. The summed E-state index contributed by atoms with van der Waals surface area (Å²) in [6.45, 7) is 1.83. The van der Waals surface area contributed by atoms with Crippen LogP contribution in [0.15, 0.2) is 18.2 Å². The minimum absolute atomic E-state index is 0.0662. The standard InChI is InChI=1S/C20H26F2N2O3/c1-13(27-14-7-4-2-3-5-8-14)19(25)23-17-11-12-24(20(17)26)18-15(21)9-6-10-16(18)22/h6,9-10,13-14,17H,2-5,7-8,11-12H2,1H3,(H,23,25)/t13-,17-/m0/s1. The van der Waals surface area contributed by atoms with Gasteiger partial charge in [-0.2, -0.15) is 0 Å². The summed E-state index contributed by atoms with van der Waals surface area (Å²) in [5.74, 6) is -2.46. The Hall–Kier alpha value is -2.02. The minimum atomic E-state index is -0.795. The van der Waals surface area contributed by atoms with Crippen molar-refractivity contribution in [3.05, 3.63) is 29.8 Å². The van der Waals surface area contributed by atoms with Gasteiger partial charge in [0.15, 0.2) is 0 Å². The molecule has 3 rings (SSSR count). The summed E-state index contributed by atoms with van der Waals surface area (Å²) < 4.78 is 33.8. The SMILES string of the molecule is C[C@H](OC1CCCCCC1)C(=O)N[C@H]1CCN(c2c(F)cccc2F)C1=O. The number of anilines is 1. The molecule has 2 fully saturated rings. The lowest BCUT2D eigenvalue weighted by Crippen LogP contribution is -2.46. The van der Waals surface area contributed by atoms with Crippen LogP contribution in [-0.2, 0) is 14.3 Å². The molecule has 1 heterocycles. The maximum Gasteiger partial charge on any atom is 0.249 e. The molecule has 0 spiro atoms. The molecule has 0 unspecified atom stereocenters. The van der Waals surface area contributed by atoms with Gasteiger partial charge in [0, 0.05) is 6.54 Å². The third kappa shape index (κ3) is 4.64. The molecule has 1 aliphatic heterocycles. The fourth-order valence-corrected chi connectivity index (χ4v) is 3.80. The van der Waals surface area contributed by atoms with E-state index in [4.69, 9.17) is 4.74 Å². The first-order valence-corrected chi connectivity index (χ1v) is 9.68. The highest BCUT2D eigenvalue weighted by molar-refractivity contribution is 6.01. The fourth-order valence-electron chi connectivity index (χ4n) is 3.80. The molecule has 7 heteroatoms. The van der Waals surface area contributed by atoms with Crippen LogP contribution in [0.2, 0.25) is 0 Å². The molecule has 2 aliphatic rings. The van der Waals surface area contributed by atoms with Crippen molar-refractivity contribution in [2.75, 3.05) is 11.4 Å². The van der Waals surface area contributed by atoms with Crippen molar-refractivity contribution in [1.82, 2.24) is 5.32 Å². The van der Waals surface area contributed by atoms with Crippen LogP contribution in [0.25, 0.3) is 0 Å². The summed E-state index contributed by atoms with van der Waals surface area (Å²) in [6, 6.07) is 2.68. The zero-order valence-electron chi connectivity index (χ0n) is 15.5. The molecule has 0 aromatic heterocycles. The molecule has 1 aliphatic carbocycles. The second-order valence-corrected chi connectivity index (χ2v) is 7.30. The number of halogens is 2. The Bertz CT molecular complexity index is 670. The van der Waals surface area contributed by atoms with Crippen molar-refractivity contribution in [1.29, 1.82) is 0 Å². The van der Waals surface area contributed by atoms with Gasteiger partial charge in [0.1, 0.15) is 29.5 Å². The number of hydrogen-bond acceptors (Lipinski definition) is 3. The van der Waals surface area contributed by atoms with Gasteiger partial charge in [-0.05, 0) is 38.3 Å². The number of hydrogen-bond donors (Lipinski definition) is 1. The van der Waals surface area contributed by atoms with Crippen LogP contribution in [0.5, 0.6) is 0 Å². The second-order valence-electron chi connectivity index (χ2n) is 7.30. The molecule has 27 heavy (non-hydrogen) atoms. The van der Waals surface area contributed by atoms with E-state index in [1.807, 2.05) is 0 Å². The highest BCUT2D eigenvalue weighted by Gasteiger charge is 2.37. The number of rotatable bonds is 5. The summed E-state index contributed by atoms with van der Waals surface area (Å²) in [5.41, 5.74) is -0.359. The molecule has 2 amide bonds. The highest BCUT2D eigenvalue weighted by Crippen LogP contribution is 2.28. The van der Waals surface area contributed by atoms with Gasteiger partial charge < -0.3 is 15.0 Å². The van der Waals surface area contributed by atoms with Crippen LogP contribution in [-0.4, -0.2) is 36.6 Å². The van der Waals surface area contributed by atoms with E-state index in [9.17, 15) is 18.4 Å². The summed E-state index contributed by atoms with van der Waals surface area (Å²) in [7, 11) is 0. The van der Waals surface area contributed by atoms with Crippen molar-refractivity contribution < 1.29 is 23.1 Å². The van der Waals surface area contributed by atoms with Gasteiger partial charge >= 0.3 is 0 Å². The van der Waals surface area contributed by atoms with E-state index < -0.39 is 29.7 Å². The lowest BCUT2D eigenvalue weighted by Gasteiger charge is -2.22. The maximum absolute atomic E-state index is 13.9.